The van der Waals surface area contributed by atoms with Gasteiger partial charge in [0, 0.05) is 57.4 Å². The molecule has 8 rings (SSSR count). The van der Waals surface area contributed by atoms with Gasteiger partial charge in [-0.15, -0.1) is 0 Å². The Labute approximate surface area is 273 Å². The van der Waals surface area contributed by atoms with Crippen LogP contribution in [0.2, 0.25) is 0 Å². The number of carboxylic acids is 1. The quantitative estimate of drug-likeness (QED) is 0.157. The number of hydrogen-bond donors (Lipinski definition) is 5. The van der Waals surface area contributed by atoms with Crippen molar-refractivity contribution in [2.75, 3.05) is 0 Å². The Hall–Kier alpha value is -3.41. The molecule has 0 aromatic carbocycles. The summed E-state index contributed by atoms with van der Waals surface area (Å²) in [6.07, 6.45) is 19.8. The summed E-state index contributed by atoms with van der Waals surface area (Å²) in [6.45, 7) is 2.32. The van der Waals surface area contributed by atoms with Crippen LogP contribution in [0.1, 0.15) is 168 Å². The van der Waals surface area contributed by atoms with Crippen molar-refractivity contribution in [3.8, 4) is 0 Å². The Bertz CT molecular complexity index is 1570. The monoisotopic (exact) mass is 620 g/mol. The molecule has 0 radical (unpaired) electrons. The van der Waals surface area contributed by atoms with Crippen molar-refractivity contribution in [2.24, 2.45) is 0 Å². The summed E-state index contributed by atoms with van der Waals surface area (Å²) < 4.78 is 0. The first-order chi connectivity index (χ1) is 22.4. The maximum absolute atomic E-state index is 11.6. The lowest BCUT2D eigenvalue weighted by molar-refractivity contribution is -0.137. The third-order valence-corrected chi connectivity index (χ3v) is 13.2. The van der Waals surface area contributed by atoms with E-state index in [1.54, 1.807) is 0 Å². The van der Waals surface area contributed by atoms with E-state index in [1.807, 2.05) is 0 Å². The van der Waals surface area contributed by atoms with Crippen LogP contribution in [0.3, 0.4) is 0 Å². The Morgan fingerprint density at radius 3 is 1.11 bits per heavy atom. The highest BCUT2D eigenvalue weighted by Crippen LogP contribution is 2.51. The van der Waals surface area contributed by atoms with Gasteiger partial charge in [0.15, 0.2) is 0 Å². The molecule has 3 saturated carbocycles. The molecule has 6 heteroatoms. The zero-order valence-corrected chi connectivity index (χ0v) is 27.7. The van der Waals surface area contributed by atoms with Crippen molar-refractivity contribution in [1.82, 2.24) is 19.9 Å². The van der Waals surface area contributed by atoms with Crippen LogP contribution < -0.4 is 0 Å². The van der Waals surface area contributed by atoms with Gasteiger partial charge in [-0.1, -0.05) is 57.8 Å². The number of aromatic nitrogens is 4. The number of aliphatic carboxylic acids is 1. The van der Waals surface area contributed by atoms with Gasteiger partial charge in [-0.25, -0.2) is 0 Å². The molecule has 5 N–H and O–H groups in total. The van der Waals surface area contributed by atoms with Crippen LogP contribution in [0, 0.1) is 0 Å². The molecule has 46 heavy (non-hydrogen) atoms. The van der Waals surface area contributed by atoms with Crippen molar-refractivity contribution in [3.63, 3.8) is 0 Å². The second-order valence-electron chi connectivity index (χ2n) is 15.7. The summed E-state index contributed by atoms with van der Waals surface area (Å²) in [5, 5.41) is 9.58. The normalized spacial score (nSPS) is 24.8. The topological polar surface area (TPSA) is 100 Å². The van der Waals surface area contributed by atoms with Crippen molar-refractivity contribution in [2.45, 2.75) is 144 Å². The lowest BCUT2D eigenvalue weighted by atomic mass is 9.69. The fourth-order valence-electron chi connectivity index (χ4n) is 10.4. The lowest BCUT2D eigenvalue weighted by Crippen LogP contribution is -2.35. The first-order valence-corrected chi connectivity index (χ1v) is 18.4. The van der Waals surface area contributed by atoms with E-state index in [-0.39, 0.29) is 28.1 Å². The third kappa shape index (κ3) is 4.60. The van der Waals surface area contributed by atoms with E-state index in [0.29, 0.717) is 6.42 Å². The van der Waals surface area contributed by atoms with Gasteiger partial charge >= 0.3 is 5.97 Å². The summed E-state index contributed by atoms with van der Waals surface area (Å²) in [6, 6.07) is 19.0. The summed E-state index contributed by atoms with van der Waals surface area (Å²) in [4.78, 5) is 28.0. The van der Waals surface area contributed by atoms with Gasteiger partial charge in [0.2, 0.25) is 0 Å². The second-order valence-corrected chi connectivity index (χ2v) is 15.7. The molecule has 6 nitrogen and oxygen atoms in total. The number of rotatable bonds is 4. The molecule has 1 aliphatic heterocycles. The fraction of sp³-hybridized carbons (Fsp3) is 0.575. The second kappa shape index (κ2) is 11.4. The van der Waals surface area contributed by atoms with E-state index in [0.717, 1.165) is 32.1 Å². The number of carbonyl (C=O) groups is 1. The van der Waals surface area contributed by atoms with E-state index in [1.165, 1.54) is 116 Å². The van der Waals surface area contributed by atoms with Gasteiger partial charge in [0.25, 0.3) is 0 Å². The van der Waals surface area contributed by atoms with Crippen LogP contribution >= 0.6 is 0 Å². The number of H-pyrrole nitrogens is 4. The minimum absolute atomic E-state index is 0.0119. The minimum atomic E-state index is -0.723. The molecule has 0 unspecified atom stereocenters. The van der Waals surface area contributed by atoms with Gasteiger partial charge in [-0.2, -0.15) is 0 Å². The summed E-state index contributed by atoms with van der Waals surface area (Å²) in [5.74, 6) is -0.723. The van der Waals surface area contributed by atoms with Gasteiger partial charge in [0.1, 0.15) is 0 Å². The number of fused-ring (bicyclic) bond motifs is 14. The number of nitrogens with one attached hydrogen (secondary N) is 4. The van der Waals surface area contributed by atoms with Crippen molar-refractivity contribution < 1.29 is 9.90 Å². The number of hydrogen-bond acceptors (Lipinski definition) is 1. The van der Waals surface area contributed by atoms with Crippen molar-refractivity contribution >= 4 is 5.97 Å². The van der Waals surface area contributed by atoms with E-state index in [2.05, 4.69) is 75.4 Å². The smallest absolute Gasteiger partial charge is 0.303 e. The SMILES string of the molecule is CC1(CCCC(=O)O)c2ccc([nH]2)C2(CCCCC2)c2ccc([nH]2)C2(CCCCC2)c2ccc([nH]2)C2(CCCCC2)c2ccc1[nH]2. The molecule has 0 saturated heterocycles. The molecule has 5 heterocycles. The number of carboxylic acid groups (broad SMARTS) is 1. The van der Waals surface area contributed by atoms with Crippen LogP contribution in [0.4, 0.5) is 0 Å². The fourth-order valence-corrected chi connectivity index (χ4v) is 10.4. The molecule has 4 aromatic heterocycles. The number of aromatic amines is 4. The zero-order chi connectivity index (χ0) is 31.4. The van der Waals surface area contributed by atoms with Crippen molar-refractivity contribution in [1.29, 1.82) is 0 Å². The largest absolute Gasteiger partial charge is 0.481 e. The highest BCUT2D eigenvalue weighted by atomic mass is 16.4. The standard InChI is InChI=1S/C40H52N4O2/c1-37(21-11-12-36(45)46)28-13-15-30(41-28)38(22-5-2-6-23-38)32-17-19-34(43-32)40(26-9-4-10-27-40)35-20-18-33(44-35)39(24-7-3-8-25-39)31-16-14-29(37)42-31/h13-20,41-44H,2-12,21-27H2,1H3,(H,45,46). The Kier molecular flexibility index (Phi) is 7.41. The highest BCUT2D eigenvalue weighted by Gasteiger charge is 2.46. The molecule has 4 aromatic rings. The predicted molar refractivity (Wildman–Crippen MR) is 183 cm³/mol. The lowest BCUT2D eigenvalue weighted by Gasteiger charge is -2.39. The first kappa shape index (κ1) is 30.0. The maximum Gasteiger partial charge on any atom is 0.303 e. The van der Waals surface area contributed by atoms with Gasteiger partial charge < -0.3 is 25.0 Å². The highest BCUT2D eigenvalue weighted by molar-refractivity contribution is 5.66. The summed E-state index contributed by atoms with van der Waals surface area (Å²) in [5.41, 5.74) is 9.97. The van der Waals surface area contributed by atoms with Crippen LogP contribution in [0.25, 0.3) is 0 Å². The molecule has 8 bridgehead atoms. The molecule has 244 valence electrons. The van der Waals surface area contributed by atoms with Crippen LogP contribution in [0.5, 0.6) is 0 Å². The molecule has 0 amide bonds. The molecular weight excluding hydrogens is 568 g/mol. The van der Waals surface area contributed by atoms with Crippen LogP contribution in [0.15, 0.2) is 48.5 Å². The molecule has 4 aliphatic rings. The van der Waals surface area contributed by atoms with E-state index >= 15 is 0 Å². The zero-order valence-electron chi connectivity index (χ0n) is 27.7. The minimum Gasteiger partial charge on any atom is -0.481 e. The molecular formula is C40H52N4O2. The summed E-state index contributed by atoms with van der Waals surface area (Å²) in [7, 11) is 0. The van der Waals surface area contributed by atoms with E-state index in [9.17, 15) is 9.90 Å². The van der Waals surface area contributed by atoms with Gasteiger partial charge in [-0.3, -0.25) is 4.79 Å². The Balaban J connectivity index is 1.35. The van der Waals surface area contributed by atoms with E-state index < -0.39 is 5.97 Å². The Morgan fingerprint density at radius 1 is 0.522 bits per heavy atom. The molecule has 3 aliphatic carbocycles. The summed E-state index contributed by atoms with van der Waals surface area (Å²) >= 11 is 0. The predicted octanol–water partition coefficient (Wildman–Crippen LogP) is 9.62. The van der Waals surface area contributed by atoms with Gasteiger partial charge in [0.05, 0.1) is 16.2 Å². The van der Waals surface area contributed by atoms with Crippen molar-refractivity contribution in [3.05, 3.63) is 94.1 Å². The van der Waals surface area contributed by atoms with E-state index in [4.69, 9.17) is 0 Å². The molecule has 3 spiro atoms. The van der Waals surface area contributed by atoms with Crippen LogP contribution in [-0.2, 0) is 26.5 Å². The molecule has 3 fully saturated rings. The Morgan fingerprint density at radius 2 is 0.804 bits per heavy atom. The average Bonchev–Trinajstić information content (AvgIpc) is 3.92. The van der Waals surface area contributed by atoms with Crippen LogP contribution in [-0.4, -0.2) is 31.0 Å². The average molecular weight is 621 g/mol. The first-order valence-electron chi connectivity index (χ1n) is 18.4. The molecule has 0 atom stereocenters. The van der Waals surface area contributed by atoms with Gasteiger partial charge in [-0.05, 0) is 107 Å². The third-order valence-electron chi connectivity index (χ3n) is 13.2. The maximum atomic E-state index is 11.6.